The van der Waals surface area contributed by atoms with E-state index in [2.05, 4.69) is 9.97 Å². The normalized spacial score (nSPS) is 24.5. The third kappa shape index (κ3) is 3.26. The number of ketones is 1. The fourth-order valence-electron chi connectivity index (χ4n) is 2.63. The van der Waals surface area contributed by atoms with Gasteiger partial charge in [0.25, 0.3) is 0 Å². The third-order valence-corrected chi connectivity index (χ3v) is 3.99. The molecule has 1 aliphatic rings. The number of ether oxygens (including phenoxy) is 1. The average Bonchev–Trinajstić information content (AvgIpc) is 2.85. The summed E-state index contributed by atoms with van der Waals surface area (Å²) in [5.41, 5.74) is -0.785. The van der Waals surface area contributed by atoms with E-state index < -0.39 is 36.7 Å². The fraction of sp³-hybridized carbons (Fsp3) is 0.375. The Kier molecular flexibility index (Phi) is 4.90. The van der Waals surface area contributed by atoms with Gasteiger partial charge in [-0.1, -0.05) is 6.07 Å². The van der Waals surface area contributed by atoms with Crippen LogP contribution in [0.15, 0.2) is 41.5 Å². The molecular weight excluding hydrogens is 352 g/mol. The molecule has 2 aromatic heterocycles. The number of aliphatic hydroxyl groups is 2. The van der Waals surface area contributed by atoms with E-state index in [-0.39, 0.29) is 23.6 Å². The quantitative estimate of drug-likeness (QED) is 0.712. The van der Waals surface area contributed by atoms with Crippen molar-refractivity contribution in [3.05, 3.63) is 58.5 Å². The van der Waals surface area contributed by atoms with E-state index in [1.807, 2.05) is 0 Å². The molecule has 8 nitrogen and oxygen atoms in total. The number of aromatic nitrogens is 3. The number of hydrogen-bond acceptors (Lipinski definition) is 7. The molecule has 0 radical (unpaired) electrons. The summed E-state index contributed by atoms with van der Waals surface area (Å²) in [7, 11) is 0. The number of nitrogens with zero attached hydrogens (tertiary/aromatic N) is 3. The topological polar surface area (TPSA) is 115 Å². The molecule has 0 amide bonds. The van der Waals surface area contributed by atoms with E-state index >= 15 is 0 Å². The van der Waals surface area contributed by atoms with Gasteiger partial charge in [0.1, 0.15) is 11.8 Å². The van der Waals surface area contributed by atoms with Gasteiger partial charge in [-0.3, -0.25) is 14.3 Å². The van der Waals surface area contributed by atoms with Crippen molar-refractivity contribution in [1.29, 1.82) is 0 Å². The summed E-state index contributed by atoms with van der Waals surface area (Å²) >= 11 is 0. The number of alkyl halides is 2. The maximum atomic E-state index is 14.1. The molecule has 0 unspecified atom stereocenters. The van der Waals surface area contributed by atoms with Gasteiger partial charge >= 0.3 is 11.6 Å². The first-order valence-corrected chi connectivity index (χ1v) is 7.69. The van der Waals surface area contributed by atoms with Gasteiger partial charge in [-0.2, -0.15) is 13.8 Å². The monoisotopic (exact) mass is 367 g/mol. The lowest BCUT2D eigenvalue weighted by Gasteiger charge is -2.21. The molecule has 138 valence electrons. The lowest BCUT2D eigenvalue weighted by Crippen LogP contribution is -2.41. The van der Waals surface area contributed by atoms with Gasteiger partial charge in [-0.15, -0.1) is 0 Å². The van der Waals surface area contributed by atoms with Gasteiger partial charge in [-0.05, 0) is 18.2 Å². The van der Waals surface area contributed by atoms with Crippen LogP contribution in [0.5, 0.6) is 0 Å². The van der Waals surface area contributed by atoms with Crippen molar-refractivity contribution in [3.63, 3.8) is 0 Å². The van der Waals surface area contributed by atoms with Crippen LogP contribution in [0, 0.1) is 0 Å². The summed E-state index contributed by atoms with van der Waals surface area (Å²) in [6.07, 6.45) is -3.64. The maximum Gasteiger partial charge on any atom is 0.350 e. The molecule has 1 aliphatic heterocycles. The smallest absolute Gasteiger partial charge is 0.350 e. The Morgan fingerprint density at radius 3 is 2.69 bits per heavy atom. The van der Waals surface area contributed by atoms with E-state index in [0.717, 1.165) is 6.20 Å². The lowest BCUT2D eigenvalue weighted by molar-refractivity contribution is -0.141. The van der Waals surface area contributed by atoms with Crippen molar-refractivity contribution < 1.29 is 28.5 Å². The molecule has 1 saturated heterocycles. The standard InChI is InChI=1S/C16H15F2N3O5/c17-16(18)13(24)12(8-22)26-14(16)21-6-4-9(20-15(21)25)7-11(23)10-3-1-2-5-19-10/h1-6,12-14,22,24H,7-8H2/t12-,13-,14-/m1/s1. The minimum Gasteiger partial charge on any atom is -0.394 e. The predicted octanol–water partition coefficient (Wildman–Crippen LogP) is -0.0504. The van der Waals surface area contributed by atoms with Crippen LogP contribution in [0.1, 0.15) is 22.4 Å². The highest BCUT2D eigenvalue weighted by molar-refractivity contribution is 5.95. The number of pyridine rings is 1. The van der Waals surface area contributed by atoms with E-state index in [1.165, 1.54) is 18.3 Å². The zero-order valence-corrected chi connectivity index (χ0v) is 13.3. The first kappa shape index (κ1) is 18.2. The van der Waals surface area contributed by atoms with Gasteiger partial charge in [0.15, 0.2) is 11.9 Å². The molecule has 3 heterocycles. The fourth-order valence-corrected chi connectivity index (χ4v) is 2.63. The van der Waals surface area contributed by atoms with Crippen molar-refractivity contribution >= 4 is 5.78 Å². The van der Waals surface area contributed by atoms with Crippen LogP contribution in [0.4, 0.5) is 8.78 Å². The minimum absolute atomic E-state index is 0.0856. The molecule has 0 aromatic carbocycles. The Balaban J connectivity index is 1.82. The van der Waals surface area contributed by atoms with Crippen LogP contribution in [-0.4, -0.2) is 55.3 Å². The van der Waals surface area contributed by atoms with Crippen molar-refractivity contribution in [3.8, 4) is 0 Å². The Morgan fingerprint density at radius 2 is 2.12 bits per heavy atom. The molecule has 26 heavy (non-hydrogen) atoms. The summed E-state index contributed by atoms with van der Waals surface area (Å²) in [6, 6.07) is 6.02. The van der Waals surface area contributed by atoms with Gasteiger partial charge in [-0.25, -0.2) is 4.79 Å². The van der Waals surface area contributed by atoms with E-state index in [1.54, 1.807) is 12.1 Å². The second-order valence-corrected chi connectivity index (χ2v) is 5.75. The van der Waals surface area contributed by atoms with E-state index in [0.29, 0.717) is 4.57 Å². The molecule has 0 spiro atoms. The zero-order chi connectivity index (χ0) is 18.9. The summed E-state index contributed by atoms with van der Waals surface area (Å²) in [5, 5.41) is 18.5. The number of rotatable bonds is 5. The molecule has 2 N–H and O–H groups in total. The predicted molar refractivity (Wildman–Crippen MR) is 82.7 cm³/mol. The van der Waals surface area contributed by atoms with Crippen LogP contribution in [0.3, 0.4) is 0 Å². The van der Waals surface area contributed by atoms with E-state index in [9.17, 15) is 23.5 Å². The van der Waals surface area contributed by atoms with Crippen molar-refractivity contribution in [2.45, 2.75) is 30.8 Å². The van der Waals surface area contributed by atoms with Crippen molar-refractivity contribution in [1.82, 2.24) is 14.5 Å². The van der Waals surface area contributed by atoms with Crippen LogP contribution >= 0.6 is 0 Å². The lowest BCUT2D eigenvalue weighted by atomic mass is 10.1. The average molecular weight is 367 g/mol. The Morgan fingerprint density at radius 1 is 1.35 bits per heavy atom. The maximum absolute atomic E-state index is 14.1. The van der Waals surface area contributed by atoms with Crippen molar-refractivity contribution in [2.24, 2.45) is 0 Å². The number of Topliss-reactive ketones (excluding diaryl/α,β-unsaturated/α-hetero) is 1. The van der Waals surface area contributed by atoms with Crippen LogP contribution < -0.4 is 5.69 Å². The summed E-state index contributed by atoms with van der Waals surface area (Å²) in [5.74, 6) is -4.17. The van der Waals surface area contributed by atoms with Gasteiger partial charge in [0.2, 0.25) is 6.23 Å². The highest BCUT2D eigenvalue weighted by Gasteiger charge is 2.59. The Labute approximate surface area is 145 Å². The molecule has 10 heteroatoms. The molecule has 3 rings (SSSR count). The van der Waals surface area contributed by atoms with Gasteiger partial charge in [0.05, 0.1) is 18.7 Å². The molecule has 2 aromatic rings. The number of aliphatic hydroxyl groups excluding tert-OH is 2. The van der Waals surface area contributed by atoms with Crippen LogP contribution in [0.2, 0.25) is 0 Å². The second-order valence-electron chi connectivity index (χ2n) is 5.75. The molecule has 0 aliphatic carbocycles. The Bertz CT molecular complexity index is 858. The third-order valence-electron chi connectivity index (χ3n) is 3.99. The molecule has 0 saturated carbocycles. The van der Waals surface area contributed by atoms with Crippen LogP contribution in [0.25, 0.3) is 0 Å². The molecule has 1 fully saturated rings. The molecule has 0 bridgehead atoms. The SMILES string of the molecule is O=C(Cc1ccn([C@@H]2O[C@H](CO)[C@@H](O)C2(F)F)c(=O)n1)c1ccccn1. The summed E-state index contributed by atoms with van der Waals surface area (Å²) in [4.78, 5) is 31.7. The summed E-state index contributed by atoms with van der Waals surface area (Å²) in [6.45, 7) is -0.827. The Hall–Kier alpha value is -2.56. The zero-order valence-electron chi connectivity index (χ0n) is 13.3. The number of halogens is 2. The van der Waals surface area contributed by atoms with E-state index in [4.69, 9.17) is 9.84 Å². The first-order chi connectivity index (χ1) is 12.3. The molecule has 3 atom stereocenters. The van der Waals surface area contributed by atoms with Crippen LogP contribution in [-0.2, 0) is 11.2 Å². The molecular formula is C16H15F2N3O5. The second kappa shape index (κ2) is 6.98. The number of hydrogen-bond donors (Lipinski definition) is 2. The van der Waals surface area contributed by atoms with Crippen molar-refractivity contribution in [2.75, 3.05) is 6.61 Å². The number of carbonyl (C=O) groups is 1. The van der Waals surface area contributed by atoms with Gasteiger partial charge < -0.3 is 14.9 Å². The first-order valence-electron chi connectivity index (χ1n) is 7.69. The summed E-state index contributed by atoms with van der Waals surface area (Å²) < 4.78 is 33.6. The van der Waals surface area contributed by atoms with Gasteiger partial charge in [0, 0.05) is 12.4 Å². The highest BCUT2D eigenvalue weighted by Crippen LogP contribution is 2.41. The largest absolute Gasteiger partial charge is 0.394 e. The number of carbonyl (C=O) groups excluding carboxylic acids is 1. The minimum atomic E-state index is -3.79. The highest BCUT2D eigenvalue weighted by atomic mass is 19.3.